The second-order valence-electron chi connectivity index (χ2n) is 5.48. The summed E-state index contributed by atoms with van der Waals surface area (Å²) in [5.74, 6) is -0.438. The fraction of sp³-hybridized carbons (Fsp3) is 0.222. The molecule has 0 saturated carbocycles. The summed E-state index contributed by atoms with van der Waals surface area (Å²) in [6.07, 6.45) is -0.651. The van der Waals surface area contributed by atoms with E-state index in [1.165, 1.54) is 31.4 Å². The molecule has 0 aliphatic rings. The standard InChI is InChI=1S/C18H17F3N2O3/c1-12(17(25)22-11-15-6-3-9-26-15)23-16(24)8-7-13-4-2-5-14(10-13)18(19,20)21/h2-10,12H,11H2,1H3,(H,22,25)(H,23,24)/b8-7+. The Balaban J connectivity index is 1.87. The third-order valence-electron chi connectivity index (χ3n) is 3.41. The summed E-state index contributed by atoms with van der Waals surface area (Å²) in [5.41, 5.74) is -0.573. The zero-order chi connectivity index (χ0) is 19.2. The molecule has 1 unspecified atom stereocenters. The van der Waals surface area contributed by atoms with Crippen LogP contribution in [-0.2, 0) is 22.3 Å². The molecule has 2 aromatic rings. The normalized spacial score (nSPS) is 12.8. The molecule has 8 heteroatoms. The van der Waals surface area contributed by atoms with Gasteiger partial charge in [-0.15, -0.1) is 0 Å². The first kappa shape index (κ1) is 19.3. The number of furan rings is 1. The number of carbonyl (C=O) groups is 2. The van der Waals surface area contributed by atoms with Crippen molar-refractivity contribution in [1.29, 1.82) is 0 Å². The van der Waals surface area contributed by atoms with Crippen LogP contribution in [0.2, 0.25) is 0 Å². The predicted octanol–water partition coefficient (Wildman–Crippen LogP) is 3.13. The maximum atomic E-state index is 12.6. The lowest BCUT2D eigenvalue weighted by Crippen LogP contribution is -2.44. The molecule has 2 N–H and O–H groups in total. The molecule has 0 fully saturated rings. The largest absolute Gasteiger partial charge is 0.467 e. The van der Waals surface area contributed by atoms with Crippen LogP contribution < -0.4 is 10.6 Å². The van der Waals surface area contributed by atoms with E-state index in [2.05, 4.69) is 10.6 Å². The van der Waals surface area contributed by atoms with Crippen LogP contribution in [0.25, 0.3) is 6.08 Å². The highest BCUT2D eigenvalue weighted by atomic mass is 19.4. The average Bonchev–Trinajstić information content (AvgIpc) is 3.11. The number of amides is 2. The molecule has 1 aromatic carbocycles. The molecule has 5 nitrogen and oxygen atoms in total. The lowest BCUT2D eigenvalue weighted by atomic mass is 10.1. The molecule has 0 aliphatic heterocycles. The molecule has 0 radical (unpaired) electrons. The van der Waals surface area contributed by atoms with Crippen molar-refractivity contribution in [3.63, 3.8) is 0 Å². The van der Waals surface area contributed by atoms with E-state index < -0.39 is 29.6 Å². The summed E-state index contributed by atoms with van der Waals surface area (Å²) in [5, 5.41) is 5.03. The molecule has 2 rings (SSSR count). The summed E-state index contributed by atoms with van der Waals surface area (Å²) < 4.78 is 43.0. The maximum absolute atomic E-state index is 12.6. The summed E-state index contributed by atoms with van der Waals surface area (Å²) in [6, 6.07) is 7.14. The number of benzene rings is 1. The van der Waals surface area contributed by atoms with E-state index in [1.807, 2.05) is 0 Å². The van der Waals surface area contributed by atoms with Crippen LogP contribution >= 0.6 is 0 Å². The minimum atomic E-state index is -4.45. The average molecular weight is 366 g/mol. The molecule has 0 bridgehead atoms. The maximum Gasteiger partial charge on any atom is 0.416 e. The first-order valence-electron chi connectivity index (χ1n) is 7.71. The van der Waals surface area contributed by atoms with Gasteiger partial charge in [-0.1, -0.05) is 12.1 Å². The van der Waals surface area contributed by atoms with E-state index in [4.69, 9.17) is 4.42 Å². The van der Waals surface area contributed by atoms with E-state index >= 15 is 0 Å². The summed E-state index contributed by atoms with van der Waals surface area (Å²) >= 11 is 0. The number of alkyl halides is 3. The van der Waals surface area contributed by atoms with Gasteiger partial charge in [0.1, 0.15) is 11.8 Å². The fourth-order valence-electron chi connectivity index (χ4n) is 2.06. The zero-order valence-corrected chi connectivity index (χ0v) is 13.8. The van der Waals surface area contributed by atoms with Gasteiger partial charge in [0, 0.05) is 6.08 Å². The van der Waals surface area contributed by atoms with Crippen molar-refractivity contribution in [1.82, 2.24) is 10.6 Å². The Morgan fingerprint density at radius 3 is 2.65 bits per heavy atom. The molecular formula is C18H17F3N2O3. The van der Waals surface area contributed by atoms with Gasteiger partial charge in [0.15, 0.2) is 0 Å². The molecule has 1 aromatic heterocycles. The number of hydrogen-bond acceptors (Lipinski definition) is 3. The molecule has 138 valence electrons. The van der Waals surface area contributed by atoms with Gasteiger partial charge in [-0.2, -0.15) is 13.2 Å². The molecule has 0 saturated heterocycles. The van der Waals surface area contributed by atoms with Gasteiger partial charge in [0.2, 0.25) is 11.8 Å². The Labute approximate surface area is 147 Å². The summed E-state index contributed by atoms with van der Waals surface area (Å²) in [7, 11) is 0. The van der Waals surface area contributed by atoms with Gasteiger partial charge in [0.05, 0.1) is 18.4 Å². The first-order valence-corrected chi connectivity index (χ1v) is 7.71. The number of rotatable bonds is 6. The van der Waals surface area contributed by atoms with Crippen LogP contribution in [0.15, 0.2) is 53.2 Å². The van der Waals surface area contributed by atoms with Gasteiger partial charge in [-0.25, -0.2) is 0 Å². The number of halogens is 3. The fourth-order valence-corrected chi connectivity index (χ4v) is 2.06. The minimum Gasteiger partial charge on any atom is -0.467 e. The predicted molar refractivity (Wildman–Crippen MR) is 88.6 cm³/mol. The van der Waals surface area contributed by atoms with Gasteiger partial charge in [-0.3, -0.25) is 9.59 Å². The SMILES string of the molecule is CC(NC(=O)/C=C/c1cccc(C(F)(F)F)c1)C(=O)NCc1ccco1. The Morgan fingerprint density at radius 1 is 1.23 bits per heavy atom. The van der Waals surface area contributed by atoms with Gasteiger partial charge < -0.3 is 15.1 Å². The van der Waals surface area contributed by atoms with Crippen LogP contribution in [-0.4, -0.2) is 17.9 Å². The van der Waals surface area contributed by atoms with E-state index in [-0.39, 0.29) is 12.1 Å². The van der Waals surface area contributed by atoms with E-state index in [0.29, 0.717) is 5.76 Å². The Kier molecular flexibility index (Phi) is 6.21. The molecule has 0 spiro atoms. The number of carbonyl (C=O) groups excluding carboxylic acids is 2. The quantitative estimate of drug-likeness (QED) is 0.772. The smallest absolute Gasteiger partial charge is 0.416 e. The van der Waals surface area contributed by atoms with Crippen molar-refractivity contribution in [2.75, 3.05) is 0 Å². The number of hydrogen-bond donors (Lipinski definition) is 2. The molecule has 0 aliphatic carbocycles. The van der Waals surface area contributed by atoms with Crippen molar-refractivity contribution < 1.29 is 27.2 Å². The van der Waals surface area contributed by atoms with Crippen molar-refractivity contribution in [2.45, 2.75) is 25.7 Å². The van der Waals surface area contributed by atoms with Crippen LogP contribution in [0.4, 0.5) is 13.2 Å². The molecule has 1 atom stereocenters. The Hall–Kier alpha value is -3.03. The second kappa shape index (κ2) is 8.37. The second-order valence-corrected chi connectivity index (χ2v) is 5.48. The van der Waals surface area contributed by atoms with E-state index in [1.54, 1.807) is 12.1 Å². The van der Waals surface area contributed by atoms with E-state index in [0.717, 1.165) is 18.2 Å². The zero-order valence-electron chi connectivity index (χ0n) is 13.8. The minimum absolute atomic E-state index is 0.187. The van der Waals surface area contributed by atoms with Gasteiger partial charge in [0.25, 0.3) is 0 Å². The summed E-state index contributed by atoms with van der Waals surface area (Å²) in [6.45, 7) is 1.68. The van der Waals surface area contributed by atoms with Crippen LogP contribution in [0.5, 0.6) is 0 Å². The van der Waals surface area contributed by atoms with Crippen LogP contribution in [0, 0.1) is 0 Å². The Bertz CT molecular complexity index is 783. The molecular weight excluding hydrogens is 349 g/mol. The van der Waals surface area contributed by atoms with Crippen molar-refractivity contribution in [2.24, 2.45) is 0 Å². The highest BCUT2D eigenvalue weighted by molar-refractivity contribution is 5.95. The lowest BCUT2D eigenvalue weighted by Gasteiger charge is -2.12. The lowest BCUT2D eigenvalue weighted by molar-refractivity contribution is -0.137. The topological polar surface area (TPSA) is 71.3 Å². The summed E-state index contributed by atoms with van der Waals surface area (Å²) in [4.78, 5) is 23.7. The highest BCUT2D eigenvalue weighted by Gasteiger charge is 2.30. The molecule has 26 heavy (non-hydrogen) atoms. The molecule has 2 amide bonds. The Morgan fingerprint density at radius 2 is 2.00 bits per heavy atom. The molecule has 1 heterocycles. The van der Waals surface area contributed by atoms with E-state index in [9.17, 15) is 22.8 Å². The van der Waals surface area contributed by atoms with Gasteiger partial charge in [-0.05, 0) is 42.8 Å². The monoisotopic (exact) mass is 366 g/mol. The van der Waals surface area contributed by atoms with Gasteiger partial charge >= 0.3 is 6.18 Å². The third kappa shape index (κ3) is 5.80. The third-order valence-corrected chi connectivity index (χ3v) is 3.41. The highest BCUT2D eigenvalue weighted by Crippen LogP contribution is 2.29. The van der Waals surface area contributed by atoms with Crippen molar-refractivity contribution >= 4 is 17.9 Å². The van der Waals surface area contributed by atoms with Crippen LogP contribution in [0.1, 0.15) is 23.8 Å². The van der Waals surface area contributed by atoms with Crippen molar-refractivity contribution in [3.8, 4) is 0 Å². The first-order chi connectivity index (χ1) is 12.3. The number of nitrogens with one attached hydrogen (secondary N) is 2. The van der Waals surface area contributed by atoms with Crippen LogP contribution in [0.3, 0.4) is 0 Å². The van der Waals surface area contributed by atoms with Crippen molar-refractivity contribution in [3.05, 3.63) is 65.6 Å².